The standard InChI is InChI=1S/C22H26N4OS/c1-2-3-12-23-21(27)16-10-8-15(9-11-16)13-24-20-19-17-6-4-5-7-18(17)28-22(19)26-14-25-20/h8-11,14H,2-7,12-13H2,1H3,(H,23,27)(H,24,25,26). The van der Waals surface area contributed by atoms with Crippen molar-refractivity contribution in [1.29, 1.82) is 0 Å². The Morgan fingerprint density at radius 1 is 1.14 bits per heavy atom. The molecule has 6 heteroatoms. The summed E-state index contributed by atoms with van der Waals surface area (Å²) in [5.74, 6) is 0.918. The number of hydrogen-bond donors (Lipinski definition) is 2. The van der Waals surface area contributed by atoms with Gasteiger partial charge < -0.3 is 10.6 Å². The molecule has 0 unspecified atom stereocenters. The lowest BCUT2D eigenvalue weighted by Crippen LogP contribution is -2.24. The molecule has 2 aromatic heterocycles. The van der Waals surface area contributed by atoms with E-state index in [1.54, 1.807) is 6.33 Å². The lowest BCUT2D eigenvalue weighted by molar-refractivity contribution is 0.0953. The van der Waals surface area contributed by atoms with E-state index in [1.165, 1.54) is 28.7 Å². The summed E-state index contributed by atoms with van der Waals surface area (Å²) in [5.41, 5.74) is 3.27. The number of anilines is 1. The summed E-state index contributed by atoms with van der Waals surface area (Å²) in [4.78, 5) is 23.7. The minimum absolute atomic E-state index is 0.00429. The summed E-state index contributed by atoms with van der Waals surface area (Å²) in [7, 11) is 0. The van der Waals surface area contributed by atoms with Crippen LogP contribution in [0.15, 0.2) is 30.6 Å². The lowest BCUT2D eigenvalue weighted by atomic mass is 9.97. The minimum Gasteiger partial charge on any atom is -0.365 e. The van der Waals surface area contributed by atoms with Crippen molar-refractivity contribution < 1.29 is 4.79 Å². The second-order valence-corrected chi connectivity index (χ2v) is 8.36. The molecule has 4 rings (SSSR count). The molecule has 2 N–H and O–H groups in total. The fourth-order valence-electron chi connectivity index (χ4n) is 3.66. The van der Waals surface area contributed by atoms with Gasteiger partial charge in [0, 0.05) is 23.5 Å². The Kier molecular flexibility index (Phi) is 5.86. The van der Waals surface area contributed by atoms with Crippen molar-refractivity contribution in [3.05, 3.63) is 52.2 Å². The molecule has 5 nitrogen and oxygen atoms in total. The van der Waals surface area contributed by atoms with E-state index in [4.69, 9.17) is 0 Å². The van der Waals surface area contributed by atoms with Gasteiger partial charge in [-0.3, -0.25) is 4.79 Å². The van der Waals surface area contributed by atoms with Crippen LogP contribution in [-0.2, 0) is 19.4 Å². The van der Waals surface area contributed by atoms with Gasteiger partial charge in [0.05, 0.1) is 5.39 Å². The monoisotopic (exact) mass is 394 g/mol. The molecule has 0 fully saturated rings. The summed E-state index contributed by atoms with van der Waals surface area (Å²) in [5, 5.41) is 7.64. The van der Waals surface area contributed by atoms with Crippen LogP contribution in [0.1, 0.15) is 59.0 Å². The number of rotatable bonds is 7. The Balaban J connectivity index is 1.45. The Labute approximate surface area is 169 Å². The van der Waals surface area contributed by atoms with E-state index < -0.39 is 0 Å². The van der Waals surface area contributed by atoms with Crippen LogP contribution in [0, 0.1) is 0 Å². The van der Waals surface area contributed by atoms with Gasteiger partial charge in [-0.25, -0.2) is 9.97 Å². The average molecular weight is 395 g/mol. The number of nitrogens with zero attached hydrogens (tertiary/aromatic N) is 2. The molecule has 1 aromatic carbocycles. The van der Waals surface area contributed by atoms with Gasteiger partial charge >= 0.3 is 0 Å². The second-order valence-electron chi connectivity index (χ2n) is 7.27. The smallest absolute Gasteiger partial charge is 0.251 e. The first-order valence-corrected chi connectivity index (χ1v) is 10.9. The Hall–Kier alpha value is -2.47. The highest BCUT2D eigenvalue weighted by molar-refractivity contribution is 7.19. The molecule has 0 radical (unpaired) electrons. The zero-order valence-electron chi connectivity index (χ0n) is 16.3. The van der Waals surface area contributed by atoms with Crippen LogP contribution in [-0.4, -0.2) is 22.4 Å². The van der Waals surface area contributed by atoms with Crippen molar-refractivity contribution in [2.24, 2.45) is 0 Å². The van der Waals surface area contributed by atoms with E-state index in [0.29, 0.717) is 12.1 Å². The topological polar surface area (TPSA) is 66.9 Å². The molecular formula is C22H26N4OS. The van der Waals surface area contributed by atoms with E-state index in [1.807, 2.05) is 35.6 Å². The molecule has 0 atom stereocenters. The molecule has 0 spiro atoms. The maximum atomic E-state index is 12.1. The molecule has 0 aliphatic heterocycles. The van der Waals surface area contributed by atoms with E-state index >= 15 is 0 Å². The SMILES string of the molecule is CCCCNC(=O)c1ccc(CNc2ncnc3sc4c(c23)CCCC4)cc1. The highest BCUT2D eigenvalue weighted by atomic mass is 32.1. The van der Waals surface area contributed by atoms with Crippen molar-refractivity contribution in [3.63, 3.8) is 0 Å². The number of hydrogen-bond acceptors (Lipinski definition) is 5. The minimum atomic E-state index is -0.00429. The Morgan fingerprint density at radius 2 is 1.96 bits per heavy atom. The first kappa shape index (κ1) is 18.9. The number of amides is 1. The fraction of sp³-hybridized carbons (Fsp3) is 0.409. The number of thiophene rings is 1. The number of nitrogens with one attached hydrogen (secondary N) is 2. The molecule has 28 heavy (non-hydrogen) atoms. The molecule has 1 aliphatic rings. The molecular weight excluding hydrogens is 368 g/mol. The van der Waals surface area contributed by atoms with Gasteiger partial charge in [0.15, 0.2) is 0 Å². The average Bonchev–Trinajstić information content (AvgIpc) is 3.12. The molecule has 0 saturated carbocycles. The normalized spacial score (nSPS) is 13.3. The Bertz CT molecular complexity index is 965. The fourth-order valence-corrected chi connectivity index (χ4v) is 4.89. The van der Waals surface area contributed by atoms with Crippen molar-refractivity contribution in [2.75, 3.05) is 11.9 Å². The summed E-state index contributed by atoms with van der Waals surface area (Å²) in [6.07, 6.45) is 8.54. The van der Waals surface area contributed by atoms with Crippen molar-refractivity contribution in [2.45, 2.75) is 52.0 Å². The highest BCUT2D eigenvalue weighted by Crippen LogP contribution is 2.38. The van der Waals surface area contributed by atoms with Gasteiger partial charge in [-0.2, -0.15) is 0 Å². The number of benzene rings is 1. The third-order valence-corrected chi connectivity index (χ3v) is 6.44. The summed E-state index contributed by atoms with van der Waals surface area (Å²) in [6.45, 7) is 3.52. The van der Waals surface area contributed by atoms with Crippen LogP contribution in [0.2, 0.25) is 0 Å². The van der Waals surface area contributed by atoms with Crippen LogP contribution < -0.4 is 10.6 Å². The summed E-state index contributed by atoms with van der Waals surface area (Å²) in [6, 6.07) is 7.78. The van der Waals surface area contributed by atoms with E-state index in [-0.39, 0.29) is 5.91 Å². The predicted octanol–water partition coefficient (Wildman–Crippen LogP) is 4.71. The van der Waals surface area contributed by atoms with Gasteiger partial charge in [0.1, 0.15) is 17.0 Å². The largest absolute Gasteiger partial charge is 0.365 e. The third kappa shape index (κ3) is 4.02. The maximum absolute atomic E-state index is 12.1. The van der Waals surface area contributed by atoms with Gasteiger partial charge in [-0.1, -0.05) is 25.5 Å². The molecule has 146 valence electrons. The molecule has 1 aliphatic carbocycles. The summed E-state index contributed by atoms with van der Waals surface area (Å²) < 4.78 is 0. The third-order valence-electron chi connectivity index (χ3n) is 5.24. The van der Waals surface area contributed by atoms with Gasteiger partial charge in [-0.15, -0.1) is 11.3 Å². The molecule has 3 aromatic rings. The second kappa shape index (κ2) is 8.69. The van der Waals surface area contributed by atoms with Gasteiger partial charge in [0.2, 0.25) is 0 Å². The number of carbonyl (C=O) groups excluding carboxylic acids is 1. The van der Waals surface area contributed by atoms with Crippen LogP contribution in [0.5, 0.6) is 0 Å². The number of aromatic nitrogens is 2. The Morgan fingerprint density at radius 3 is 2.79 bits per heavy atom. The van der Waals surface area contributed by atoms with Gasteiger partial charge in [-0.05, 0) is 55.4 Å². The first-order valence-electron chi connectivity index (χ1n) is 10.1. The van der Waals surface area contributed by atoms with E-state index in [9.17, 15) is 4.79 Å². The molecule has 2 heterocycles. The predicted molar refractivity (Wildman–Crippen MR) is 115 cm³/mol. The zero-order chi connectivity index (χ0) is 19.3. The number of fused-ring (bicyclic) bond motifs is 3. The van der Waals surface area contributed by atoms with E-state index in [2.05, 4.69) is 27.5 Å². The van der Waals surface area contributed by atoms with Crippen molar-refractivity contribution in [1.82, 2.24) is 15.3 Å². The first-order chi connectivity index (χ1) is 13.8. The summed E-state index contributed by atoms with van der Waals surface area (Å²) >= 11 is 1.81. The quantitative estimate of drug-likeness (QED) is 0.570. The molecule has 0 bridgehead atoms. The van der Waals surface area contributed by atoms with Crippen molar-refractivity contribution in [3.8, 4) is 0 Å². The van der Waals surface area contributed by atoms with Crippen molar-refractivity contribution >= 4 is 33.3 Å². The van der Waals surface area contributed by atoms with Gasteiger partial charge in [0.25, 0.3) is 5.91 Å². The number of unbranched alkanes of at least 4 members (excludes halogenated alkanes) is 1. The van der Waals surface area contributed by atoms with Crippen LogP contribution in [0.3, 0.4) is 0 Å². The van der Waals surface area contributed by atoms with Crippen LogP contribution >= 0.6 is 11.3 Å². The number of carbonyl (C=O) groups is 1. The highest BCUT2D eigenvalue weighted by Gasteiger charge is 2.19. The molecule has 0 saturated heterocycles. The maximum Gasteiger partial charge on any atom is 0.251 e. The molecule has 1 amide bonds. The van der Waals surface area contributed by atoms with Crippen LogP contribution in [0.25, 0.3) is 10.2 Å². The number of aryl methyl sites for hydroxylation is 2. The lowest BCUT2D eigenvalue weighted by Gasteiger charge is -2.12. The van der Waals surface area contributed by atoms with E-state index in [0.717, 1.165) is 48.4 Å². The van der Waals surface area contributed by atoms with Crippen LogP contribution in [0.4, 0.5) is 5.82 Å². The zero-order valence-corrected chi connectivity index (χ0v) is 17.1.